The van der Waals surface area contributed by atoms with Crippen LogP contribution in [0.5, 0.6) is 11.5 Å². The highest BCUT2D eigenvalue weighted by molar-refractivity contribution is 7.97. The first-order valence-electron chi connectivity index (χ1n) is 8.20. The molecule has 0 aliphatic carbocycles. The molecule has 0 unspecified atom stereocenters. The molecule has 2 aromatic carbocycles. The Morgan fingerprint density at radius 2 is 1.89 bits per heavy atom. The maximum atomic E-state index is 14.0. The molecule has 0 saturated carbocycles. The van der Waals surface area contributed by atoms with E-state index >= 15 is 0 Å². The lowest BCUT2D eigenvalue weighted by Gasteiger charge is -2.16. The van der Waals surface area contributed by atoms with Gasteiger partial charge in [0.05, 0.1) is 0 Å². The second-order valence-electron chi connectivity index (χ2n) is 5.98. The molecule has 0 bridgehead atoms. The molecule has 0 heterocycles. The van der Waals surface area contributed by atoms with Crippen molar-refractivity contribution in [3.05, 3.63) is 77.5 Å². The standard InChI is InChI=1S/C21H21F2NO2S/c1-24(2)13-16(5-4-10-25)18-11-15(14-27-3)6-8-20(18)26-21-9-7-17(22)12-19(21)23/h4-13H,14H2,1-3H3/b5-4-,16-13+. The van der Waals surface area contributed by atoms with Crippen LogP contribution in [0.2, 0.25) is 0 Å². The summed E-state index contributed by atoms with van der Waals surface area (Å²) in [5.74, 6) is -0.314. The van der Waals surface area contributed by atoms with E-state index in [9.17, 15) is 13.6 Å². The highest BCUT2D eigenvalue weighted by atomic mass is 32.2. The molecule has 0 saturated heterocycles. The van der Waals surface area contributed by atoms with Gasteiger partial charge in [-0.1, -0.05) is 6.07 Å². The molecule has 0 fully saturated rings. The van der Waals surface area contributed by atoms with E-state index in [1.54, 1.807) is 23.9 Å². The number of thioether (sulfide) groups is 1. The number of benzene rings is 2. The van der Waals surface area contributed by atoms with Crippen LogP contribution < -0.4 is 4.74 Å². The summed E-state index contributed by atoms with van der Waals surface area (Å²) in [6.07, 6.45) is 7.58. The number of ether oxygens (including phenoxy) is 1. The van der Waals surface area contributed by atoms with Crippen molar-refractivity contribution in [2.45, 2.75) is 5.75 Å². The van der Waals surface area contributed by atoms with Gasteiger partial charge in [-0.15, -0.1) is 0 Å². The second kappa shape index (κ2) is 9.92. The molecular weight excluding hydrogens is 368 g/mol. The van der Waals surface area contributed by atoms with Crippen LogP contribution in [0, 0.1) is 11.6 Å². The Labute approximate surface area is 162 Å². The van der Waals surface area contributed by atoms with Gasteiger partial charge in [-0.05, 0) is 48.2 Å². The van der Waals surface area contributed by atoms with Crippen LogP contribution in [0.15, 0.2) is 54.8 Å². The van der Waals surface area contributed by atoms with E-state index in [1.165, 1.54) is 12.1 Å². The summed E-state index contributed by atoms with van der Waals surface area (Å²) in [5.41, 5.74) is 2.50. The lowest BCUT2D eigenvalue weighted by Crippen LogP contribution is -2.03. The van der Waals surface area contributed by atoms with Gasteiger partial charge < -0.3 is 9.64 Å². The van der Waals surface area contributed by atoms with Gasteiger partial charge in [0.1, 0.15) is 17.9 Å². The Bertz CT molecular complexity index is 863. The molecule has 0 amide bonds. The highest BCUT2D eigenvalue weighted by Crippen LogP contribution is 2.34. The van der Waals surface area contributed by atoms with E-state index in [2.05, 4.69) is 0 Å². The summed E-state index contributed by atoms with van der Waals surface area (Å²) >= 11 is 1.67. The van der Waals surface area contributed by atoms with Crippen molar-refractivity contribution < 1.29 is 18.3 Å². The molecule has 2 rings (SSSR count). The second-order valence-corrected chi connectivity index (χ2v) is 6.85. The maximum Gasteiger partial charge on any atom is 0.168 e. The van der Waals surface area contributed by atoms with Crippen molar-refractivity contribution in [3.63, 3.8) is 0 Å². The predicted molar refractivity (Wildman–Crippen MR) is 107 cm³/mol. The molecule has 2 aromatic rings. The number of halogens is 2. The number of nitrogens with zero attached hydrogens (tertiary/aromatic N) is 1. The third kappa shape index (κ3) is 5.96. The number of carbonyl (C=O) groups is 1. The first-order valence-corrected chi connectivity index (χ1v) is 9.59. The van der Waals surface area contributed by atoms with E-state index in [4.69, 9.17) is 4.74 Å². The Balaban J connectivity index is 2.55. The van der Waals surface area contributed by atoms with E-state index < -0.39 is 11.6 Å². The first-order chi connectivity index (χ1) is 12.9. The van der Waals surface area contributed by atoms with Crippen LogP contribution in [-0.4, -0.2) is 31.5 Å². The van der Waals surface area contributed by atoms with Gasteiger partial charge in [0.2, 0.25) is 0 Å². The van der Waals surface area contributed by atoms with Gasteiger partial charge in [-0.25, -0.2) is 8.78 Å². The molecule has 0 spiro atoms. The number of allylic oxidation sites excluding steroid dienone is 3. The number of carbonyl (C=O) groups excluding carboxylic acids is 1. The predicted octanol–water partition coefficient (Wildman–Crippen LogP) is 5.28. The summed E-state index contributed by atoms with van der Waals surface area (Å²) < 4.78 is 32.9. The molecule has 3 nitrogen and oxygen atoms in total. The average Bonchev–Trinajstić information content (AvgIpc) is 2.62. The van der Waals surface area contributed by atoms with E-state index in [-0.39, 0.29) is 5.75 Å². The molecule has 27 heavy (non-hydrogen) atoms. The van der Waals surface area contributed by atoms with Crippen molar-refractivity contribution in [2.75, 3.05) is 20.4 Å². The van der Waals surface area contributed by atoms with Crippen molar-refractivity contribution in [1.82, 2.24) is 4.90 Å². The monoisotopic (exact) mass is 389 g/mol. The van der Waals surface area contributed by atoms with Crippen molar-refractivity contribution >= 4 is 23.6 Å². The molecule has 142 valence electrons. The van der Waals surface area contributed by atoms with Gasteiger partial charge in [0.25, 0.3) is 0 Å². The Hall–Kier alpha value is -2.60. The zero-order valence-corrected chi connectivity index (χ0v) is 16.2. The molecule has 0 aromatic heterocycles. The van der Waals surface area contributed by atoms with E-state index in [0.717, 1.165) is 29.0 Å². The maximum absolute atomic E-state index is 14.0. The van der Waals surface area contributed by atoms with Crippen molar-refractivity contribution in [2.24, 2.45) is 0 Å². The molecule has 0 radical (unpaired) electrons. The minimum atomic E-state index is -0.782. The van der Waals surface area contributed by atoms with Crippen LogP contribution in [0.3, 0.4) is 0 Å². The van der Waals surface area contributed by atoms with Crippen LogP contribution in [0.4, 0.5) is 8.78 Å². The zero-order chi connectivity index (χ0) is 19.8. The minimum Gasteiger partial charge on any atom is -0.454 e. The first kappa shape index (κ1) is 20.7. The van der Waals surface area contributed by atoms with Crippen LogP contribution in [-0.2, 0) is 10.5 Å². The molecule has 0 aliphatic heterocycles. The third-order valence-corrected chi connectivity index (χ3v) is 4.15. The van der Waals surface area contributed by atoms with Crippen molar-refractivity contribution in [1.29, 1.82) is 0 Å². The molecule has 6 heteroatoms. The van der Waals surface area contributed by atoms with E-state index in [1.807, 2.05) is 43.6 Å². The lowest BCUT2D eigenvalue weighted by molar-refractivity contribution is -0.104. The fraction of sp³-hybridized carbons (Fsp3) is 0.190. The summed E-state index contributed by atoms with van der Waals surface area (Å²) in [7, 11) is 3.72. The van der Waals surface area contributed by atoms with Crippen molar-refractivity contribution in [3.8, 4) is 11.5 Å². The quantitative estimate of drug-likeness (QED) is 0.349. The highest BCUT2D eigenvalue weighted by Gasteiger charge is 2.13. The average molecular weight is 389 g/mol. The summed E-state index contributed by atoms with van der Waals surface area (Å²) in [4.78, 5) is 12.6. The largest absolute Gasteiger partial charge is 0.454 e. The molecular formula is C21H21F2NO2S. The number of aldehydes is 1. The van der Waals surface area contributed by atoms with Gasteiger partial charge >= 0.3 is 0 Å². The fourth-order valence-electron chi connectivity index (χ4n) is 2.45. The summed E-state index contributed by atoms with van der Waals surface area (Å²) in [6.45, 7) is 0. The number of hydrogen-bond donors (Lipinski definition) is 0. The van der Waals surface area contributed by atoms with Gasteiger partial charge in [0, 0.05) is 43.3 Å². The smallest absolute Gasteiger partial charge is 0.168 e. The topological polar surface area (TPSA) is 29.5 Å². The molecule has 0 atom stereocenters. The van der Waals surface area contributed by atoms with Crippen LogP contribution in [0.1, 0.15) is 11.1 Å². The van der Waals surface area contributed by atoms with Crippen LogP contribution in [0.25, 0.3) is 5.57 Å². The zero-order valence-electron chi connectivity index (χ0n) is 15.4. The summed E-state index contributed by atoms with van der Waals surface area (Å²) in [5, 5.41) is 0. The molecule has 0 aliphatic rings. The third-order valence-electron chi connectivity index (χ3n) is 3.53. The van der Waals surface area contributed by atoms with Gasteiger partial charge in [-0.2, -0.15) is 11.8 Å². The normalized spacial score (nSPS) is 11.7. The number of rotatable bonds is 8. The Morgan fingerprint density at radius 1 is 1.15 bits per heavy atom. The lowest BCUT2D eigenvalue weighted by atomic mass is 10.0. The summed E-state index contributed by atoms with van der Waals surface area (Å²) in [6, 6.07) is 8.76. The SMILES string of the molecule is CSCc1ccc(Oc2ccc(F)cc2F)c(C(/C=C\C=O)=C/N(C)C)c1. The fourth-order valence-corrected chi connectivity index (χ4v) is 2.96. The minimum absolute atomic E-state index is 0.0705. The Kier molecular flexibility index (Phi) is 7.61. The van der Waals surface area contributed by atoms with Gasteiger partial charge in [-0.3, -0.25) is 4.79 Å². The van der Waals surface area contributed by atoms with Crippen LogP contribution >= 0.6 is 11.8 Å². The van der Waals surface area contributed by atoms with Gasteiger partial charge in [0.15, 0.2) is 11.6 Å². The van der Waals surface area contributed by atoms with E-state index in [0.29, 0.717) is 17.6 Å². The molecule has 0 N–H and O–H groups in total. The Morgan fingerprint density at radius 3 is 2.52 bits per heavy atom. The number of hydrogen-bond acceptors (Lipinski definition) is 4.